The van der Waals surface area contributed by atoms with E-state index in [9.17, 15) is 19.5 Å². The van der Waals surface area contributed by atoms with E-state index in [4.69, 9.17) is 14.2 Å². The zero-order valence-electron chi connectivity index (χ0n) is 17.5. The SMILES string of the molecule is CCCOc1ccc([C@H]2[C@H](C(=O)OCC)C(=O)C[C@](C)(O)[C@@H]2C(=O)OCC)cc1. The number of rotatable bonds is 8. The van der Waals surface area contributed by atoms with Gasteiger partial charge in [-0.1, -0.05) is 19.1 Å². The average molecular weight is 406 g/mol. The van der Waals surface area contributed by atoms with Crippen LogP contribution in [0.2, 0.25) is 0 Å². The summed E-state index contributed by atoms with van der Waals surface area (Å²) in [5.74, 6) is -4.32. The average Bonchev–Trinajstić information content (AvgIpc) is 2.65. The molecule has 1 aliphatic rings. The van der Waals surface area contributed by atoms with Gasteiger partial charge in [-0.2, -0.15) is 0 Å². The van der Waals surface area contributed by atoms with Crippen LogP contribution in [0.3, 0.4) is 0 Å². The van der Waals surface area contributed by atoms with Gasteiger partial charge in [0.2, 0.25) is 0 Å². The summed E-state index contributed by atoms with van der Waals surface area (Å²) in [6.07, 6.45) is 0.533. The summed E-state index contributed by atoms with van der Waals surface area (Å²) in [7, 11) is 0. The van der Waals surface area contributed by atoms with Gasteiger partial charge in [-0.3, -0.25) is 14.4 Å². The molecule has 0 spiro atoms. The Balaban J connectivity index is 2.52. The van der Waals surface area contributed by atoms with Crippen LogP contribution < -0.4 is 4.74 Å². The van der Waals surface area contributed by atoms with E-state index < -0.39 is 41.1 Å². The maximum atomic E-state index is 12.8. The van der Waals surface area contributed by atoms with Gasteiger partial charge in [-0.25, -0.2) is 0 Å². The third kappa shape index (κ3) is 5.15. The number of esters is 2. The molecule has 0 radical (unpaired) electrons. The highest BCUT2D eigenvalue weighted by atomic mass is 16.5. The lowest BCUT2D eigenvalue weighted by Crippen LogP contribution is -2.55. The molecular formula is C22H30O7. The molecule has 2 rings (SSSR count). The normalized spacial score (nSPS) is 26.7. The van der Waals surface area contributed by atoms with Crippen molar-refractivity contribution >= 4 is 17.7 Å². The molecule has 0 aromatic heterocycles. The Labute approximate surface area is 171 Å². The molecule has 160 valence electrons. The van der Waals surface area contributed by atoms with Crippen LogP contribution in [0.1, 0.15) is 52.0 Å². The Bertz CT molecular complexity index is 723. The number of aliphatic hydroxyl groups is 1. The van der Waals surface area contributed by atoms with Crippen molar-refractivity contribution in [2.24, 2.45) is 11.8 Å². The Morgan fingerprint density at radius 1 is 1.07 bits per heavy atom. The molecule has 1 saturated carbocycles. The van der Waals surface area contributed by atoms with Gasteiger partial charge in [-0.05, 0) is 44.9 Å². The predicted octanol–water partition coefficient (Wildman–Crippen LogP) is 2.64. The van der Waals surface area contributed by atoms with Crippen LogP contribution in [0.15, 0.2) is 24.3 Å². The molecule has 0 aliphatic heterocycles. The fourth-order valence-corrected chi connectivity index (χ4v) is 3.89. The van der Waals surface area contributed by atoms with Crippen LogP contribution in [-0.4, -0.2) is 48.3 Å². The molecule has 7 heteroatoms. The van der Waals surface area contributed by atoms with Crippen molar-refractivity contribution < 1.29 is 33.7 Å². The first kappa shape index (κ1) is 22.9. The quantitative estimate of drug-likeness (QED) is 0.523. The third-order valence-electron chi connectivity index (χ3n) is 5.09. The Kier molecular flexibility index (Phi) is 7.79. The van der Waals surface area contributed by atoms with Crippen LogP contribution in [-0.2, 0) is 23.9 Å². The summed E-state index contributed by atoms with van der Waals surface area (Å²) in [6, 6.07) is 6.87. The van der Waals surface area contributed by atoms with Gasteiger partial charge < -0.3 is 19.3 Å². The predicted molar refractivity (Wildman–Crippen MR) is 105 cm³/mol. The molecule has 29 heavy (non-hydrogen) atoms. The van der Waals surface area contributed by atoms with E-state index in [1.807, 2.05) is 6.92 Å². The molecule has 1 aromatic rings. The van der Waals surface area contributed by atoms with Crippen molar-refractivity contribution in [1.82, 2.24) is 0 Å². The van der Waals surface area contributed by atoms with Gasteiger partial charge >= 0.3 is 11.9 Å². The van der Waals surface area contributed by atoms with Crippen LogP contribution in [0.5, 0.6) is 5.75 Å². The van der Waals surface area contributed by atoms with E-state index in [1.54, 1.807) is 38.1 Å². The second-order valence-corrected chi connectivity index (χ2v) is 7.40. The minimum Gasteiger partial charge on any atom is -0.494 e. The molecule has 0 heterocycles. The van der Waals surface area contributed by atoms with Crippen molar-refractivity contribution in [2.45, 2.75) is 52.1 Å². The smallest absolute Gasteiger partial charge is 0.317 e. The fraction of sp³-hybridized carbons (Fsp3) is 0.591. The highest BCUT2D eigenvalue weighted by molar-refractivity contribution is 6.02. The number of carbonyl (C=O) groups is 3. The standard InChI is InChI=1S/C22H30O7/c1-5-12-29-15-10-8-14(9-11-15)17-18(20(24)27-6-2)16(23)13-22(4,26)19(17)21(25)28-7-3/h8-11,17-19,26H,5-7,12-13H2,1-4H3/t17-,18+,19-,22-/m0/s1. The Morgan fingerprint density at radius 2 is 1.66 bits per heavy atom. The molecule has 0 unspecified atom stereocenters. The maximum absolute atomic E-state index is 12.8. The van der Waals surface area contributed by atoms with E-state index >= 15 is 0 Å². The monoisotopic (exact) mass is 406 g/mol. The van der Waals surface area contributed by atoms with E-state index in [-0.39, 0.29) is 19.6 Å². The summed E-state index contributed by atoms with van der Waals surface area (Å²) in [5, 5.41) is 10.9. The van der Waals surface area contributed by atoms with Gasteiger partial charge in [0.15, 0.2) is 5.78 Å². The van der Waals surface area contributed by atoms with E-state index in [1.165, 1.54) is 6.92 Å². The summed E-state index contributed by atoms with van der Waals surface area (Å²) in [4.78, 5) is 38.2. The van der Waals surface area contributed by atoms with Crippen LogP contribution in [0.4, 0.5) is 0 Å². The fourth-order valence-electron chi connectivity index (χ4n) is 3.89. The largest absolute Gasteiger partial charge is 0.494 e. The number of ether oxygens (including phenoxy) is 3. The first-order chi connectivity index (χ1) is 13.8. The molecule has 1 fully saturated rings. The summed E-state index contributed by atoms with van der Waals surface area (Å²) in [6.45, 7) is 7.54. The lowest BCUT2D eigenvalue weighted by Gasteiger charge is -2.43. The Hall–Kier alpha value is -2.41. The molecular weight excluding hydrogens is 376 g/mol. The molecule has 0 saturated heterocycles. The van der Waals surface area contributed by atoms with Gasteiger partial charge in [-0.15, -0.1) is 0 Å². The molecule has 1 aromatic carbocycles. The third-order valence-corrected chi connectivity index (χ3v) is 5.09. The molecule has 1 aliphatic carbocycles. The zero-order chi connectivity index (χ0) is 21.6. The van der Waals surface area contributed by atoms with Crippen LogP contribution >= 0.6 is 0 Å². The minimum absolute atomic E-state index is 0.111. The van der Waals surface area contributed by atoms with Gasteiger partial charge in [0.05, 0.1) is 31.3 Å². The summed E-state index contributed by atoms with van der Waals surface area (Å²) >= 11 is 0. The number of benzene rings is 1. The van der Waals surface area contributed by atoms with Gasteiger partial charge in [0, 0.05) is 12.3 Å². The maximum Gasteiger partial charge on any atom is 0.317 e. The van der Waals surface area contributed by atoms with E-state index in [0.29, 0.717) is 17.9 Å². The molecule has 1 N–H and O–H groups in total. The van der Waals surface area contributed by atoms with Crippen molar-refractivity contribution in [3.63, 3.8) is 0 Å². The first-order valence-electron chi connectivity index (χ1n) is 10.1. The summed E-state index contributed by atoms with van der Waals surface area (Å²) < 4.78 is 15.9. The Morgan fingerprint density at radius 3 is 2.21 bits per heavy atom. The molecule has 0 bridgehead atoms. The second kappa shape index (κ2) is 9.87. The van der Waals surface area contributed by atoms with Crippen molar-refractivity contribution in [2.75, 3.05) is 19.8 Å². The zero-order valence-corrected chi connectivity index (χ0v) is 17.5. The van der Waals surface area contributed by atoms with Crippen molar-refractivity contribution in [3.05, 3.63) is 29.8 Å². The van der Waals surface area contributed by atoms with Crippen LogP contribution in [0, 0.1) is 11.8 Å². The number of carbonyl (C=O) groups excluding carboxylic acids is 3. The van der Waals surface area contributed by atoms with E-state index in [0.717, 1.165) is 6.42 Å². The molecule has 4 atom stereocenters. The van der Waals surface area contributed by atoms with Gasteiger partial charge in [0.1, 0.15) is 11.7 Å². The van der Waals surface area contributed by atoms with E-state index in [2.05, 4.69) is 0 Å². The molecule has 7 nitrogen and oxygen atoms in total. The number of ketones is 1. The topological polar surface area (TPSA) is 99.1 Å². The van der Waals surface area contributed by atoms with Crippen molar-refractivity contribution in [3.8, 4) is 5.75 Å². The van der Waals surface area contributed by atoms with Gasteiger partial charge in [0.25, 0.3) is 0 Å². The number of hydrogen-bond acceptors (Lipinski definition) is 7. The highest BCUT2D eigenvalue weighted by Crippen LogP contribution is 2.47. The molecule has 0 amide bonds. The second-order valence-electron chi connectivity index (χ2n) is 7.40. The number of hydrogen-bond donors (Lipinski definition) is 1. The minimum atomic E-state index is -1.64. The summed E-state index contributed by atoms with van der Waals surface area (Å²) in [5.41, 5.74) is -1.08. The lowest BCUT2D eigenvalue weighted by molar-refractivity contribution is -0.172. The highest BCUT2D eigenvalue weighted by Gasteiger charge is 2.57. The first-order valence-corrected chi connectivity index (χ1v) is 10.1. The lowest BCUT2D eigenvalue weighted by atomic mass is 9.61. The van der Waals surface area contributed by atoms with Crippen LogP contribution in [0.25, 0.3) is 0 Å². The number of Topliss-reactive ketones (excluding diaryl/α,β-unsaturated/α-hetero) is 1. The van der Waals surface area contributed by atoms with Crippen molar-refractivity contribution in [1.29, 1.82) is 0 Å².